The molecule has 0 unspecified atom stereocenters. The summed E-state index contributed by atoms with van der Waals surface area (Å²) in [5.74, 6) is -1.11. The number of benzene rings is 2. The Kier molecular flexibility index (Phi) is 8.05. The molecule has 3 amide bonds. The maximum Gasteiger partial charge on any atom is 0.269 e. The highest BCUT2D eigenvalue weighted by atomic mass is 32.1. The lowest BCUT2D eigenvalue weighted by Gasteiger charge is -2.11. The molecule has 0 spiro atoms. The maximum atomic E-state index is 12.1. The maximum absolute atomic E-state index is 12.1. The zero-order valence-corrected chi connectivity index (χ0v) is 16.9. The number of nitrogens with one attached hydrogen (secondary N) is 4. The molecule has 29 heavy (non-hydrogen) atoms. The first-order chi connectivity index (χ1) is 13.8. The van der Waals surface area contributed by atoms with Crippen LogP contribution >= 0.6 is 12.2 Å². The van der Waals surface area contributed by atoms with E-state index in [1.54, 1.807) is 44.2 Å². The number of rotatable bonds is 5. The van der Waals surface area contributed by atoms with Gasteiger partial charge in [0.05, 0.1) is 0 Å². The molecule has 8 heteroatoms. The van der Waals surface area contributed by atoms with Crippen molar-refractivity contribution in [1.29, 1.82) is 0 Å². The third kappa shape index (κ3) is 7.55. The molecule has 2 aromatic carbocycles. The highest BCUT2D eigenvalue weighted by molar-refractivity contribution is 7.80. The van der Waals surface area contributed by atoms with Crippen molar-refractivity contribution in [1.82, 2.24) is 16.2 Å². The van der Waals surface area contributed by atoms with Gasteiger partial charge >= 0.3 is 0 Å². The van der Waals surface area contributed by atoms with E-state index in [9.17, 15) is 14.4 Å². The van der Waals surface area contributed by atoms with Gasteiger partial charge in [0.1, 0.15) is 0 Å². The number of hydrazine groups is 1. The molecule has 0 saturated heterocycles. The summed E-state index contributed by atoms with van der Waals surface area (Å²) < 4.78 is 0. The monoisotopic (exact) mass is 410 g/mol. The Morgan fingerprint density at radius 1 is 0.931 bits per heavy atom. The summed E-state index contributed by atoms with van der Waals surface area (Å²) in [4.78, 5) is 35.7. The van der Waals surface area contributed by atoms with Crippen LogP contribution in [0.2, 0.25) is 0 Å². The van der Waals surface area contributed by atoms with E-state index in [2.05, 4.69) is 21.5 Å². The normalized spacial score (nSPS) is 10.4. The molecule has 4 N–H and O–H groups in total. The first-order valence-corrected chi connectivity index (χ1v) is 9.31. The second kappa shape index (κ2) is 10.7. The van der Waals surface area contributed by atoms with Crippen molar-refractivity contribution in [3.8, 4) is 0 Å². The molecule has 0 aliphatic heterocycles. The average Bonchev–Trinajstić information content (AvgIpc) is 2.71. The Hall–Kier alpha value is -3.52. The minimum absolute atomic E-state index is 0.0399. The van der Waals surface area contributed by atoms with Crippen LogP contribution in [-0.2, 0) is 9.59 Å². The molecular weight excluding hydrogens is 388 g/mol. The van der Waals surface area contributed by atoms with Gasteiger partial charge in [0.25, 0.3) is 5.91 Å². The highest BCUT2D eigenvalue weighted by Crippen LogP contribution is 2.10. The third-order valence-corrected chi connectivity index (χ3v) is 3.90. The summed E-state index contributed by atoms with van der Waals surface area (Å²) >= 11 is 4.98. The highest BCUT2D eigenvalue weighted by Gasteiger charge is 2.09. The van der Waals surface area contributed by atoms with E-state index < -0.39 is 11.8 Å². The van der Waals surface area contributed by atoms with Gasteiger partial charge in [-0.25, -0.2) is 0 Å². The van der Waals surface area contributed by atoms with Gasteiger partial charge in [-0.2, -0.15) is 0 Å². The number of carbonyl (C=O) groups excluding carboxylic acids is 3. The molecule has 0 aliphatic rings. The van der Waals surface area contributed by atoms with Crippen LogP contribution in [-0.4, -0.2) is 22.8 Å². The number of amides is 3. The van der Waals surface area contributed by atoms with Crippen molar-refractivity contribution < 1.29 is 14.4 Å². The number of thiocarbonyl (C=S) groups is 1. The Morgan fingerprint density at radius 2 is 1.59 bits per heavy atom. The van der Waals surface area contributed by atoms with Gasteiger partial charge in [0.15, 0.2) is 5.11 Å². The first kappa shape index (κ1) is 21.8. The van der Waals surface area contributed by atoms with Crippen LogP contribution in [0.5, 0.6) is 0 Å². The fourth-order valence-corrected chi connectivity index (χ4v) is 2.25. The van der Waals surface area contributed by atoms with Gasteiger partial charge in [0, 0.05) is 23.2 Å². The van der Waals surface area contributed by atoms with Gasteiger partial charge in [-0.1, -0.05) is 44.2 Å². The van der Waals surface area contributed by atoms with Crippen LogP contribution in [0.3, 0.4) is 0 Å². The summed E-state index contributed by atoms with van der Waals surface area (Å²) in [5.41, 5.74) is 6.70. The van der Waals surface area contributed by atoms with E-state index in [4.69, 9.17) is 12.2 Å². The fourth-order valence-electron chi connectivity index (χ4n) is 2.10. The smallest absolute Gasteiger partial charge is 0.269 e. The van der Waals surface area contributed by atoms with Gasteiger partial charge in [-0.3, -0.25) is 30.6 Å². The predicted molar refractivity (Wildman–Crippen MR) is 117 cm³/mol. The van der Waals surface area contributed by atoms with Crippen molar-refractivity contribution in [3.05, 3.63) is 71.8 Å². The first-order valence-electron chi connectivity index (χ1n) is 8.90. The van der Waals surface area contributed by atoms with Crippen LogP contribution in [0.1, 0.15) is 29.8 Å². The van der Waals surface area contributed by atoms with E-state index in [1.807, 2.05) is 30.3 Å². The molecular formula is C21H22N4O3S. The summed E-state index contributed by atoms with van der Waals surface area (Å²) in [6, 6.07) is 15.7. The van der Waals surface area contributed by atoms with Gasteiger partial charge in [-0.15, -0.1) is 0 Å². The molecule has 0 bridgehead atoms. The molecule has 0 heterocycles. The lowest BCUT2D eigenvalue weighted by molar-refractivity contribution is -0.119. The predicted octanol–water partition coefficient (Wildman–Crippen LogP) is 2.63. The molecule has 2 rings (SSSR count). The average molecular weight is 410 g/mol. The van der Waals surface area contributed by atoms with Crippen molar-refractivity contribution in [3.63, 3.8) is 0 Å². The van der Waals surface area contributed by atoms with Crippen molar-refractivity contribution >= 4 is 46.8 Å². The molecule has 0 atom stereocenters. The van der Waals surface area contributed by atoms with Crippen molar-refractivity contribution in [2.45, 2.75) is 13.8 Å². The van der Waals surface area contributed by atoms with Crippen LogP contribution in [0, 0.1) is 5.92 Å². The quantitative estimate of drug-likeness (QED) is 0.345. The van der Waals surface area contributed by atoms with Crippen LogP contribution in [0.4, 0.5) is 5.69 Å². The van der Waals surface area contributed by atoms with E-state index in [0.29, 0.717) is 11.3 Å². The number of carbonyl (C=O) groups is 3. The van der Waals surface area contributed by atoms with Crippen molar-refractivity contribution in [2.24, 2.45) is 5.92 Å². The largest absolute Gasteiger partial charge is 0.326 e. The Bertz CT molecular complexity index is 909. The molecule has 2 aromatic rings. The van der Waals surface area contributed by atoms with E-state index in [-0.39, 0.29) is 16.9 Å². The molecule has 0 fully saturated rings. The summed E-state index contributed by atoms with van der Waals surface area (Å²) in [6.45, 7) is 3.59. The Labute approximate surface area is 174 Å². The summed E-state index contributed by atoms with van der Waals surface area (Å²) in [7, 11) is 0. The Morgan fingerprint density at radius 3 is 2.21 bits per heavy atom. The summed E-state index contributed by atoms with van der Waals surface area (Å²) in [5, 5.41) is 5.13. The van der Waals surface area contributed by atoms with Crippen LogP contribution < -0.4 is 21.5 Å². The SMILES string of the molecule is CC(C)C(=O)Nc1ccc(C(=O)NNC(=S)NC(=O)/C=C/c2ccccc2)cc1. The van der Waals surface area contributed by atoms with Crippen molar-refractivity contribution in [2.75, 3.05) is 5.32 Å². The third-order valence-electron chi connectivity index (χ3n) is 3.69. The van der Waals surface area contributed by atoms with E-state index in [1.165, 1.54) is 6.08 Å². The molecule has 7 nitrogen and oxygen atoms in total. The van der Waals surface area contributed by atoms with E-state index >= 15 is 0 Å². The Balaban J connectivity index is 1.79. The zero-order chi connectivity index (χ0) is 21.2. The van der Waals surface area contributed by atoms with Crippen LogP contribution in [0.15, 0.2) is 60.7 Å². The lowest BCUT2D eigenvalue weighted by Crippen LogP contribution is -2.48. The minimum Gasteiger partial charge on any atom is -0.326 e. The number of hydrogen-bond acceptors (Lipinski definition) is 4. The minimum atomic E-state index is -0.442. The topological polar surface area (TPSA) is 99.3 Å². The standard InChI is InChI=1S/C21H22N4O3S/c1-14(2)19(27)22-17-11-9-16(10-12-17)20(28)24-25-21(29)23-18(26)13-8-15-6-4-3-5-7-15/h3-14H,1-2H3,(H,22,27)(H,24,28)(H2,23,25,26,29)/b13-8+. The molecule has 0 saturated carbocycles. The van der Waals surface area contributed by atoms with Crippen LogP contribution in [0.25, 0.3) is 6.08 Å². The number of anilines is 1. The molecule has 0 radical (unpaired) electrons. The zero-order valence-electron chi connectivity index (χ0n) is 16.1. The number of hydrogen-bond donors (Lipinski definition) is 4. The second-order valence-corrected chi connectivity index (χ2v) is 6.77. The molecule has 0 aromatic heterocycles. The second-order valence-electron chi connectivity index (χ2n) is 6.36. The fraction of sp³-hybridized carbons (Fsp3) is 0.143. The van der Waals surface area contributed by atoms with Gasteiger partial charge < -0.3 is 5.32 Å². The summed E-state index contributed by atoms with van der Waals surface area (Å²) in [6.07, 6.45) is 2.99. The van der Waals surface area contributed by atoms with Gasteiger partial charge in [0.2, 0.25) is 11.8 Å². The molecule has 150 valence electrons. The lowest BCUT2D eigenvalue weighted by atomic mass is 10.1. The molecule has 0 aliphatic carbocycles. The van der Waals surface area contributed by atoms with E-state index in [0.717, 1.165) is 5.56 Å². The van der Waals surface area contributed by atoms with Gasteiger partial charge in [-0.05, 0) is 48.1 Å².